The number of benzene rings is 1. The highest BCUT2D eigenvalue weighted by atomic mass is 16.1. The molecular formula is C11H17N3O. The smallest absolute Gasteiger partial charge is 0.221 e. The van der Waals surface area contributed by atoms with E-state index in [1.165, 1.54) is 0 Å². The van der Waals surface area contributed by atoms with E-state index in [1.807, 2.05) is 25.1 Å². The van der Waals surface area contributed by atoms with Crippen LogP contribution in [0.4, 0.5) is 11.4 Å². The Morgan fingerprint density at radius 2 is 2.20 bits per heavy atom. The molecule has 4 heteroatoms. The van der Waals surface area contributed by atoms with Crippen LogP contribution >= 0.6 is 0 Å². The van der Waals surface area contributed by atoms with Gasteiger partial charge in [-0.25, -0.2) is 0 Å². The predicted octanol–water partition coefficient (Wildman–Crippen LogP) is 1.13. The van der Waals surface area contributed by atoms with Crippen molar-refractivity contribution in [2.45, 2.75) is 13.3 Å². The molecule has 0 bridgehead atoms. The summed E-state index contributed by atoms with van der Waals surface area (Å²) in [5.41, 5.74) is 8.51. The lowest BCUT2D eigenvalue weighted by Crippen LogP contribution is -2.20. The highest BCUT2D eigenvalue weighted by molar-refractivity contribution is 5.76. The van der Waals surface area contributed by atoms with Crippen LogP contribution in [0, 0.1) is 6.92 Å². The first-order valence-corrected chi connectivity index (χ1v) is 4.94. The Morgan fingerprint density at radius 1 is 1.47 bits per heavy atom. The van der Waals surface area contributed by atoms with Crippen molar-refractivity contribution in [3.8, 4) is 0 Å². The molecule has 0 aliphatic carbocycles. The summed E-state index contributed by atoms with van der Waals surface area (Å²) in [5, 5.41) is 5.73. The molecule has 0 fully saturated rings. The number of anilines is 2. The van der Waals surface area contributed by atoms with Crippen LogP contribution in [0.5, 0.6) is 0 Å². The van der Waals surface area contributed by atoms with Gasteiger partial charge in [-0.2, -0.15) is 0 Å². The maximum Gasteiger partial charge on any atom is 0.221 e. The second-order valence-electron chi connectivity index (χ2n) is 3.42. The number of aryl methyl sites for hydroxylation is 1. The zero-order chi connectivity index (χ0) is 11.3. The average Bonchev–Trinajstić information content (AvgIpc) is 2.23. The first kappa shape index (κ1) is 11.4. The van der Waals surface area contributed by atoms with E-state index in [0.717, 1.165) is 16.9 Å². The predicted molar refractivity (Wildman–Crippen MR) is 62.8 cm³/mol. The maximum atomic E-state index is 11.0. The Bertz CT molecular complexity index is 350. The van der Waals surface area contributed by atoms with Crippen molar-refractivity contribution in [3.63, 3.8) is 0 Å². The molecule has 0 heterocycles. The first-order chi connectivity index (χ1) is 7.13. The number of carbonyl (C=O) groups excluding carboxylic acids is 1. The first-order valence-electron chi connectivity index (χ1n) is 4.94. The highest BCUT2D eigenvalue weighted by Crippen LogP contribution is 2.16. The Kier molecular flexibility index (Phi) is 3.97. The summed E-state index contributed by atoms with van der Waals surface area (Å²) in [4.78, 5) is 11.0. The zero-order valence-corrected chi connectivity index (χ0v) is 9.13. The van der Waals surface area contributed by atoms with Crippen molar-refractivity contribution in [2.24, 2.45) is 0 Å². The van der Waals surface area contributed by atoms with E-state index in [4.69, 9.17) is 5.73 Å². The van der Waals surface area contributed by atoms with Crippen LogP contribution in [0.1, 0.15) is 12.0 Å². The van der Waals surface area contributed by atoms with Crippen LogP contribution in [0.25, 0.3) is 0 Å². The Hall–Kier alpha value is -1.71. The topological polar surface area (TPSA) is 67.2 Å². The quantitative estimate of drug-likeness (QED) is 0.648. The molecule has 1 amide bonds. The third-order valence-electron chi connectivity index (χ3n) is 2.23. The van der Waals surface area contributed by atoms with Gasteiger partial charge >= 0.3 is 0 Å². The molecule has 0 unspecified atom stereocenters. The molecule has 1 rings (SSSR count). The van der Waals surface area contributed by atoms with E-state index in [-0.39, 0.29) is 5.91 Å². The van der Waals surface area contributed by atoms with Gasteiger partial charge in [-0.05, 0) is 30.7 Å². The Labute approximate surface area is 89.9 Å². The van der Waals surface area contributed by atoms with Gasteiger partial charge in [0, 0.05) is 31.4 Å². The molecular weight excluding hydrogens is 190 g/mol. The normalized spacial score (nSPS) is 9.73. The summed E-state index contributed by atoms with van der Waals surface area (Å²) in [6, 6.07) is 5.74. The van der Waals surface area contributed by atoms with Gasteiger partial charge in [-0.1, -0.05) is 0 Å². The molecule has 1 aromatic rings. The van der Waals surface area contributed by atoms with Gasteiger partial charge in [0.25, 0.3) is 0 Å². The molecule has 0 saturated heterocycles. The van der Waals surface area contributed by atoms with Crippen molar-refractivity contribution in [1.29, 1.82) is 0 Å². The van der Waals surface area contributed by atoms with E-state index in [2.05, 4.69) is 10.6 Å². The number of rotatable bonds is 4. The van der Waals surface area contributed by atoms with E-state index < -0.39 is 0 Å². The fraction of sp³-hybridized carbons (Fsp3) is 0.364. The molecule has 82 valence electrons. The second kappa shape index (κ2) is 5.24. The summed E-state index contributed by atoms with van der Waals surface area (Å²) in [6.07, 6.45) is 0.472. The largest absolute Gasteiger partial charge is 0.399 e. The third kappa shape index (κ3) is 3.50. The SMILES string of the molecule is CNC(=O)CCNc1ccc(N)c(C)c1. The van der Waals surface area contributed by atoms with Crippen molar-refractivity contribution >= 4 is 17.3 Å². The van der Waals surface area contributed by atoms with Crippen LogP contribution in [0.2, 0.25) is 0 Å². The fourth-order valence-electron chi connectivity index (χ4n) is 1.23. The minimum Gasteiger partial charge on any atom is -0.399 e. The molecule has 4 nitrogen and oxygen atoms in total. The van der Waals surface area contributed by atoms with E-state index >= 15 is 0 Å². The van der Waals surface area contributed by atoms with Crippen LogP contribution < -0.4 is 16.4 Å². The molecule has 0 atom stereocenters. The highest BCUT2D eigenvalue weighted by Gasteiger charge is 1.98. The van der Waals surface area contributed by atoms with Crippen molar-refractivity contribution in [1.82, 2.24) is 5.32 Å². The van der Waals surface area contributed by atoms with Crippen LogP contribution in [-0.2, 0) is 4.79 Å². The molecule has 4 N–H and O–H groups in total. The second-order valence-corrected chi connectivity index (χ2v) is 3.42. The standard InChI is InChI=1S/C11H17N3O/c1-8-7-9(3-4-10(8)12)14-6-5-11(15)13-2/h3-4,7,14H,5-6,12H2,1-2H3,(H,13,15). The lowest BCUT2D eigenvalue weighted by Gasteiger charge is -2.07. The monoisotopic (exact) mass is 207 g/mol. The maximum absolute atomic E-state index is 11.0. The summed E-state index contributed by atoms with van der Waals surface area (Å²) in [5.74, 6) is 0.0367. The molecule has 0 aromatic heterocycles. The zero-order valence-electron chi connectivity index (χ0n) is 9.13. The molecule has 0 aliphatic heterocycles. The molecule has 15 heavy (non-hydrogen) atoms. The van der Waals surface area contributed by atoms with Gasteiger partial charge in [-0.3, -0.25) is 4.79 Å². The molecule has 1 aromatic carbocycles. The molecule has 0 saturated carbocycles. The van der Waals surface area contributed by atoms with Gasteiger partial charge < -0.3 is 16.4 Å². The number of carbonyl (C=O) groups is 1. The van der Waals surface area contributed by atoms with Crippen LogP contribution in [0.15, 0.2) is 18.2 Å². The van der Waals surface area contributed by atoms with Crippen LogP contribution in [-0.4, -0.2) is 19.5 Å². The van der Waals surface area contributed by atoms with Gasteiger partial charge in [0.15, 0.2) is 0 Å². The van der Waals surface area contributed by atoms with Gasteiger partial charge in [0.05, 0.1) is 0 Å². The van der Waals surface area contributed by atoms with Crippen molar-refractivity contribution < 1.29 is 4.79 Å². The van der Waals surface area contributed by atoms with Gasteiger partial charge in [0.1, 0.15) is 0 Å². The van der Waals surface area contributed by atoms with Crippen molar-refractivity contribution in [2.75, 3.05) is 24.6 Å². The number of hydrogen-bond acceptors (Lipinski definition) is 3. The van der Waals surface area contributed by atoms with Crippen LogP contribution in [0.3, 0.4) is 0 Å². The number of hydrogen-bond donors (Lipinski definition) is 3. The summed E-state index contributed by atoms with van der Waals surface area (Å²) in [7, 11) is 1.63. The van der Waals surface area contributed by atoms with E-state index in [0.29, 0.717) is 13.0 Å². The Morgan fingerprint density at radius 3 is 2.80 bits per heavy atom. The number of nitrogens with one attached hydrogen (secondary N) is 2. The molecule has 0 spiro atoms. The lowest BCUT2D eigenvalue weighted by atomic mass is 10.2. The molecule has 0 radical (unpaired) electrons. The summed E-state index contributed by atoms with van der Waals surface area (Å²) in [6.45, 7) is 2.59. The number of nitrogen functional groups attached to an aromatic ring is 1. The number of nitrogens with two attached hydrogens (primary N) is 1. The summed E-state index contributed by atoms with van der Waals surface area (Å²) < 4.78 is 0. The van der Waals surface area contributed by atoms with Gasteiger partial charge in [-0.15, -0.1) is 0 Å². The number of amides is 1. The lowest BCUT2D eigenvalue weighted by molar-refractivity contribution is -0.120. The van der Waals surface area contributed by atoms with Crippen molar-refractivity contribution in [3.05, 3.63) is 23.8 Å². The van der Waals surface area contributed by atoms with Gasteiger partial charge in [0.2, 0.25) is 5.91 Å². The minimum atomic E-state index is 0.0367. The van der Waals surface area contributed by atoms with E-state index in [9.17, 15) is 4.79 Å². The third-order valence-corrected chi connectivity index (χ3v) is 2.23. The Balaban J connectivity index is 2.44. The summed E-state index contributed by atoms with van der Waals surface area (Å²) >= 11 is 0. The molecule has 0 aliphatic rings. The minimum absolute atomic E-state index is 0.0367. The average molecular weight is 207 g/mol. The van der Waals surface area contributed by atoms with E-state index in [1.54, 1.807) is 7.05 Å². The fourth-order valence-corrected chi connectivity index (χ4v) is 1.23.